The van der Waals surface area contributed by atoms with Gasteiger partial charge in [-0.2, -0.15) is 0 Å². The van der Waals surface area contributed by atoms with Gasteiger partial charge in [0.1, 0.15) is 11.5 Å². The van der Waals surface area contributed by atoms with Crippen LogP contribution in [0.5, 0.6) is 11.5 Å². The maximum atomic E-state index is 13.2. The van der Waals surface area contributed by atoms with Crippen LogP contribution in [0.25, 0.3) is 6.08 Å². The molecule has 0 radical (unpaired) electrons. The zero-order chi connectivity index (χ0) is 26.1. The summed E-state index contributed by atoms with van der Waals surface area (Å²) in [5, 5.41) is 18.7. The molecule has 0 bridgehead atoms. The lowest BCUT2D eigenvalue weighted by atomic mass is 9.84. The van der Waals surface area contributed by atoms with Crippen LogP contribution in [-0.4, -0.2) is 48.0 Å². The maximum absolute atomic E-state index is 13.2. The Balaban J connectivity index is 1.71. The van der Waals surface area contributed by atoms with Gasteiger partial charge in [-0.05, 0) is 47.5 Å². The lowest BCUT2D eigenvalue weighted by molar-refractivity contribution is -0.137. The molecule has 0 unspecified atom stereocenters. The average Bonchev–Trinajstić information content (AvgIpc) is 3.34. The highest BCUT2D eigenvalue weighted by Crippen LogP contribution is 2.43. The van der Waals surface area contributed by atoms with Gasteiger partial charge in [0.05, 0.1) is 13.7 Å². The highest BCUT2D eigenvalue weighted by Gasteiger charge is 2.52. The van der Waals surface area contributed by atoms with E-state index >= 15 is 0 Å². The standard InChI is InChI=1S/C29H30N2O6/c1-35-25-12-5-11-23(20-25)26-29(28(33)31-34,17-6-10-21-8-3-2-4-9-21)30-27(37-26)22-13-15-24(16-14-22)36-19-7-18-32/h2-6,8-16,20,26,32,34H,7,17-19H2,1H3,(H,31,33)/b10-6+/t26-,29-/m0/s1. The Morgan fingerprint density at radius 2 is 1.86 bits per heavy atom. The summed E-state index contributed by atoms with van der Waals surface area (Å²) < 4.78 is 17.3. The second-order valence-electron chi connectivity index (χ2n) is 8.52. The molecule has 1 aliphatic rings. The van der Waals surface area contributed by atoms with E-state index in [9.17, 15) is 10.0 Å². The van der Waals surface area contributed by atoms with Crippen LogP contribution in [0.1, 0.15) is 35.6 Å². The predicted octanol–water partition coefficient (Wildman–Crippen LogP) is 4.32. The minimum absolute atomic E-state index is 0.0577. The molecule has 1 heterocycles. The van der Waals surface area contributed by atoms with Crippen LogP contribution in [0.4, 0.5) is 0 Å². The quantitative estimate of drug-likeness (QED) is 0.205. The van der Waals surface area contributed by atoms with Crippen molar-refractivity contribution in [2.75, 3.05) is 20.3 Å². The third-order valence-electron chi connectivity index (χ3n) is 6.07. The van der Waals surface area contributed by atoms with Crippen LogP contribution in [0.2, 0.25) is 0 Å². The van der Waals surface area contributed by atoms with Crippen LogP contribution < -0.4 is 15.0 Å². The summed E-state index contributed by atoms with van der Waals surface area (Å²) >= 11 is 0. The molecule has 1 aliphatic heterocycles. The summed E-state index contributed by atoms with van der Waals surface area (Å²) in [6.07, 6.45) is 3.63. The molecule has 0 saturated heterocycles. The molecule has 3 aromatic rings. The van der Waals surface area contributed by atoms with Crippen molar-refractivity contribution in [2.45, 2.75) is 24.5 Å². The number of hydrogen-bond acceptors (Lipinski definition) is 7. The minimum atomic E-state index is -1.47. The Bertz CT molecular complexity index is 1240. The molecule has 0 saturated carbocycles. The number of amides is 1. The lowest BCUT2D eigenvalue weighted by Crippen LogP contribution is -2.47. The van der Waals surface area contributed by atoms with Crippen molar-refractivity contribution in [3.63, 3.8) is 0 Å². The summed E-state index contributed by atoms with van der Waals surface area (Å²) in [5.74, 6) is 0.839. The van der Waals surface area contributed by atoms with Gasteiger partial charge in [-0.1, -0.05) is 54.6 Å². The summed E-state index contributed by atoms with van der Waals surface area (Å²) in [6, 6.07) is 24.1. The second-order valence-corrected chi connectivity index (χ2v) is 8.52. The van der Waals surface area contributed by atoms with Crippen molar-refractivity contribution < 1.29 is 29.3 Å². The first kappa shape index (κ1) is 25.9. The smallest absolute Gasteiger partial charge is 0.275 e. The van der Waals surface area contributed by atoms with E-state index in [-0.39, 0.29) is 18.9 Å². The van der Waals surface area contributed by atoms with Crippen molar-refractivity contribution in [1.82, 2.24) is 5.48 Å². The molecule has 0 spiro atoms. The van der Waals surface area contributed by atoms with Gasteiger partial charge < -0.3 is 19.3 Å². The van der Waals surface area contributed by atoms with Gasteiger partial charge in [0.25, 0.3) is 5.91 Å². The van der Waals surface area contributed by atoms with E-state index < -0.39 is 17.6 Å². The van der Waals surface area contributed by atoms with Crippen molar-refractivity contribution in [1.29, 1.82) is 0 Å². The number of carbonyl (C=O) groups excluding carboxylic acids is 1. The van der Waals surface area contributed by atoms with Gasteiger partial charge in [-0.15, -0.1) is 0 Å². The second kappa shape index (κ2) is 12.2. The van der Waals surface area contributed by atoms with Crippen molar-refractivity contribution in [3.8, 4) is 11.5 Å². The largest absolute Gasteiger partial charge is 0.497 e. The van der Waals surface area contributed by atoms with Crippen molar-refractivity contribution >= 4 is 17.9 Å². The first-order valence-corrected chi connectivity index (χ1v) is 12.0. The van der Waals surface area contributed by atoms with Crippen LogP contribution in [0, 0.1) is 0 Å². The van der Waals surface area contributed by atoms with Crippen molar-refractivity contribution in [3.05, 3.63) is 102 Å². The zero-order valence-corrected chi connectivity index (χ0v) is 20.5. The Morgan fingerprint density at radius 3 is 2.57 bits per heavy atom. The number of nitrogens with zero attached hydrogens (tertiary/aromatic N) is 1. The Kier molecular flexibility index (Phi) is 8.56. The molecule has 8 nitrogen and oxygen atoms in total. The first-order valence-electron chi connectivity index (χ1n) is 12.0. The lowest BCUT2D eigenvalue weighted by Gasteiger charge is -2.28. The third-order valence-corrected chi connectivity index (χ3v) is 6.07. The van der Waals surface area contributed by atoms with Gasteiger partial charge >= 0.3 is 0 Å². The van der Waals surface area contributed by atoms with Gasteiger partial charge in [0, 0.05) is 25.0 Å². The van der Waals surface area contributed by atoms with Crippen LogP contribution in [0.15, 0.2) is 89.9 Å². The zero-order valence-electron chi connectivity index (χ0n) is 20.5. The number of carbonyl (C=O) groups is 1. The SMILES string of the molecule is COc1cccc([C@@H]2OC(c3ccc(OCCCO)cc3)=N[C@]2(C/C=C/c2ccccc2)C(=O)NO)c1. The highest BCUT2D eigenvalue weighted by molar-refractivity contribution is 6.00. The minimum Gasteiger partial charge on any atom is -0.497 e. The van der Waals surface area contributed by atoms with Gasteiger partial charge in [0.2, 0.25) is 5.90 Å². The molecule has 2 atom stereocenters. The predicted molar refractivity (Wildman–Crippen MR) is 140 cm³/mol. The molecule has 37 heavy (non-hydrogen) atoms. The Hall–Kier alpha value is -4.14. The molecule has 0 aliphatic carbocycles. The van der Waals surface area contributed by atoms with Gasteiger partial charge in [-0.25, -0.2) is 10.5 Å². The monoisotopic (exact) mass is 502 g/mol. The number of ether oxygens (including phenoxy) is 3. The van der Waals surface area contributed by atoms with Gasteiger partial charge in [0.15, 0.2) is 11.6 Å². The summed E-state index contributed by atoms with van der Waals surface area (Å²) in [4.78, 5) is 18.0. The van der Waals surface area contributed by atoms with E-state index in [4.69, 9.17) is 24.3 Å². The fourth-order valence-electron chi connectivity index (χ4n) is 4.16. The Morgan fingerprint density at radius 1 is 1.08 bits per heavy atom. The number of aliphatic imine (C=N–C) groups is 1. The number of hydroxylamine groups is 1. The number of methoxy groups -OCH3 is 1. The number of aliphatic hydroxyl groups excluding tert-OH is 1. The Labute approximate surface area is 215 Å². The van der Waals surface area contributed by atoms with E-state index in [0.717, 1.165) is 5.56 Å². The number of hydrogen-bond donors (Lipinski definition) is 3. The van der Waals surface area contributed by atoms with Gasteiger partial charge in [-0.3, -0.25) is 10.0 Å². The molecule has 3 N–H and O–H groups in total. The van der Waals surface area contributed by atoms with Crippen LogP contribution in [0.3, 0.4) is 0 Å². The fourth-order valence-corrected chi connectivity index (χ4v) is 4.16. The topological polar surface area (TPSA) is 110 Å². The summed E-state index contributed by atoms with van der Waals surface area (Å²) in [5.41, 5.74) is 2.64. The number of rotatable bonds is 11. The molecule has 4 rings (SSSR count). The molecular weight excluding hydrogens is 472 g/mol. The molecule has 192 valence electrons. The number of benzene rings is 3. The summed E-state index contributed by atoms with van der Waals surface area (Å²) in [7, 11) is 1.57. The highest BCUT2D eigenvalue weighted by atomic mass is 16.5. The average molecular weight is 503 g/mol. The number of nitrogens with one attached hydrogen (secondary N) is 1. The van der Waals surface area contributed by atoms with Crippen LogP contribution in [-0.2, 0) is 9.53 Å². The van der Waals surface area contributed by atoms with Crippen molar-refractivity contribution in [2.24, 2.45) is 4.99 Å². The first-order chi connectivity index (χ1) is 18.1. The van der Waals surface area contributed by atoms with E-state index in [2.05, 4.69) is 0 Å². The summed E-state index contributed by atoms with van der Waals surface area (Å²) in [6.45, 7) is 0.459. The third kappa shape index (κ3) is 5.99. The van der Waals surface area contributed by atoms with E-state index in [1.54, 1.807) is 49.0 Å². The van der Waals surface area contributed by atoms with E-state index in [1.807, 2.05) is 54.6 Å². The van der Waals surface area contributed by atoms with E-state index in [1.165, 1.54) is 0 Å². The molecule has 3 aromatic carbocycles. The van der Waals surface area contributed by atoms with Crippen LogP contribution >= 0.6 is 0 Å². The maximum Gasteiger partial charge on any atom is 0.275 e. The molecule has 1 amide bonds. The molecule has 0 fully saturated rings. The fraction of sp³-hybridized carbons (Fsp3) is 0.241. The van der Waals surface area contributed by atoms with E-state index in [0.29, 0.717) is 35.7 Å². The molecular formula is C29H30N2O6. The molecule has 8 heteroatoms. The molecule has 0 aromatic heterocycles. The normalized spacial score (nSPS) is 18.8. The number of aliphatic hydroxyl groups is 1.